The zero-order valence-electron chi connectivity index (χ0n) is 11.2. The highest BCUT2D eigenvalue weighted by molar-refractivity contribution is 5.89. The van der Waals surface area contributed by atoms with Crippen LogP contribution in [0, 0.1) is 11.8 Å². The number of nitrogens with one attached hydrogen (secondary N) is 2. The number of aliphatic carboxylic acids is 1. The smallest absolute Gasteiger partial charge is 0.433 e. The summed E-state index contributed by atoms with van der Waals surface area (Å²) in [7, 11) is 0. The highest BCUT2D eigenvalue weighted by atomic mass is 19.4. The molecule has 10 heteroatoms. The molecule has 0 aliphatic heterocycles. The van der Waals surface area contributed by atoms with Crippen molar-refractivity contribution in [2.24, 2.45) is 11.8 Å². The average molecular weight is 318 g/mol. The highest BCUT2D eigenvalue weighted by Gasteiger charge is 2.48. The van der Waals surface area contributed by atoms with Gasteiger partial charge in [0.1, 0.15) is 5.69 Å². The average Bonchev–Trinajstić information content (AvgIpc) is 3.23. The third-order valence-corrected chi connectivity index (χ3v) is 3.10. The summed E-state index contributed by atoms with van der Waals surface area (Å²) in [4.78, 5) is 29.1. The van der Waals surface area contributed by atoms with E-state index in [0.29, 0.717) is 6.42 Å². The van der Waals surface area contributed by atoms with E-state index in [1.165, 1.54) is 0 Å². The molecule has 1 fully saturated rings. The minimum atomic E-state index is -4.55. The molecule has 120 valence electrons. The van der Waals surface area contributed by atoms with Crippen molar-refractivity contribution in [2.45, 2.75) is 12.6 Å². The van der Waals surface area contributed by atoms with Crippen molar-refractivity contribution in [3.05, 3.63) is 18.0 Å². The van der Waals surface area contributed by atoms with Crippen LogP contribution in [0.15, 0.2) is 12.3 Å². The molecule has 0 unspecified atom stereocenters. The molecule has 0 bridgehead atoms. The summed E-state index contributed by atoms with van der Waals surface area (Å²) in [6.07, 6.45) is -3.25. The number of alkyl halides is 3. The summed E-state index contributed by atoms with van der Waals surface area (Å²) in [6, 6.07) is 0.756. The van der Waals surface area contributed by atoms with E-state index in [2.05, 4.69) is 20.6 Å². The second kappa shape index (κ2) is 6.16. The maximum absolute atomic E-state index is 12.4. The first kappa shape index (κ1) is 16.0. The molecule has 1 amide bonds. The Bertz CT molecular complexity index is 579. The lowest BCUT2D eigenvalue weighted by molar-refractivity contribution is -0.141. The topological polar surface area (TPSA) is 104 Å². The van der Waals surface area contributed by atoms with Gasteiger partial charge < -0.3 is 15.7 Å². The third kappa shape index (κ3) is 4.06. The molecule has 0 saturated heterocycles. The molecule has 1 saturated carbocycles. The Hall–Kier alpha value is -2.39. The summed E-state index contributed by atoms with van der Waals surface area (Å²) in [6.45, 7) is 0.249. The van der Waals surface area contributed by atoms with Crippen LogP contribution in [0.25, 0.3) is 0 Å². The standard InChI is InChI=1S/C12H13F3N4O3/c13-12(14,15)8-1-2-17-11(19-8)18-4-3-16-9(20)6-5-7(6)10(21)22/h1-2,6-7H,3-5H2,(H,16,20)(H,21,22)(H,17,18,19)/t6-,7-/m1/s1. The van der Waals surface area contributed by atoms with Gasteiger partial charge in [-0.2, -0.15) is 13.2 Å². The van der Waals surface area contributed by atoms with Gasteiger partial charge in [-0.25, -0.2) is 9.97 Å². The first-order valence-corrected chi connectivity index (χ1v) is 6.43. The lowest BCUT2D eigenvalue weighted by Crippen LogP contribution is -2.31. The molecular formula is C12H13F3N4O3. The zero-order valence-corrected chi connectivity index (χ0v) is 11.2. The van der Waals surface area contributed by atoms with Crippen LogP contribution in [0.3, 0.4) is 0 Å². The van der Waals surface area contributed by atoms with Gasteiger partial charge >= 0.3 is 12.1 Å². The van der Waals surface area contributed by atoms with Crippen LogP contribution in [0.2, 0.25) is 0 Å². The molecule has 0 spiro atoms. The van der Waals surface area contributed by atoms with Gasteiger partial charge in [0, 0.05) is 19.3 Å². The van der Waals surface area contributed by atoms with Crippen LogP contribution in [0.5, 0.6) is 0 Å². The predicted octanol–water partition coefficient (Wildman–Crippen LogP) is 0.744. The minimum absolute atomic E-state index is 0.123. The molecule has 1 heterocycles. The van der Waals surface area contributed by atoms with Gasteiger partial charge in [-0.3, -0.25) is 9.59 Å². The fourth-order valence-electron chi connectivity index (χ4n) is 1.85. The van der Waals surface area contributed by atoms with Gasteiger partial charge in [0.15, 0.2) is 0 Å². The molecule has 3 N–H and O–H groups in total. The van der Waals surface area contributed by atoms with Crippen molar-refractivity contribution in [1.29, 1.82) is 0 Å². The Morgan fingerprint density at radius 1 is 1.32 bits per heavy atom. The van der Waals surface area contributed by atoms with Gasteiger partial charge in [-0.05, 0) is 12.5 Å². The number of rotatable bonds is 6. The highest BCUT2D eigenvalue weighted by Crippen LogP contribution is 2.38. The number of carbonyl (C=O) groups excluding carboxylic acids is 1. The number of hydrogen-bond donors (Lipinski definition) is 3. The van der Waals surface area contributed by atoms with Crippen LogP contribution in [-0.2, 0) is 15.8 Å². The summed E-state index contributed by atoms with van der Waals surface area (Å²) < 4.78 is 37.3. The Kier molecular flexibility index (Phi) is 4.48. The SMILES string of the molecule is O=C(O)[C@@H]1C[C@H]1C(=O)NCCNc1nccc(C(F)(F)F)n1. The number of carboxylic acid groups (broad SMARTS) is 1. The monoisotopic (exact) mass is 318 g/mol. The van der Waals surface area contributed by atoms with E-state index in [1.807, 2.05) is 0 Å². The maximum atomic E-state index is 12.4. The molecule has 0 radical (unpaired) electrons. The van der Waals surface area contributed by atoms with Crippen molar-refractivity contribution in [3.63, 3.8) is 0 Å². The van der Waals surface area contributed by atoms with Gasteiger partial charge in [-0.15, -0.1) is 0 Å². The molecule has 1 aromatic heterocycles. The lowest BCUT2D eigenvalue weighted by Gasteiger charge is -2.09. The van der Waals surface area contributed by atoms with Crippen LogP contribution < -0.4 is 10.6 Å². The normalized spacial score (nSPS) is 20.3. The fourth-order valence-corrected chi connectivity index (χ4v) is 1.85. The number of aromatic nitrogens is 2. The summed E-state index contributed by atoms with van der Waals surface area (Å²) in [5.74, 6) is -2.74. The van der Waals surface area contributed by atoms with Crippen LogP contribution >= 0.6 is 0 Å². The van der Waals surface area contributed by atoms with Crippen molar-refractivity contribution < 1.29 is 27.9 Å². The van der Waals surface area contributed by atoms with Crippen molar-refractivity contribution in [1.82, 2.24) is 15.3 Å². The van der Waals surface area contributed by atoms with Crippen LogP contribution in [0.4, 0.5) is 19.1 Å². The predicted molar refractivity (Wildman–Crippen MR) is 67.8 cm³/mol. The first-order valence-electron chi connectivity index (χ1n) is 6.43. The van der Waals surface area contributed by atoms with E-state index in [9.17, 15) is 22.8 Å². The van der Waals surface area contributed by atoms with E-state index < -0.39 is 29.7 Å². The first-order chi connectivity index (χ1) is 10.3. The molecule has 1 aliphatic carbocycles. The van der Waals surface area contributed by atoms with E-state index in [1.54, 1.807) is 0 Å². The summed E-state index contributed by atoms with van der Waals surface area (Å²) >= 11 is 0. The summed E-state index contributed by atoms with van der Waals surface area (Å²) in [5.41, 5.74) is -1.06. The van der Waals surface area contributed by atoms with E-state index in [0.717, 1.165) is 12.3 Å². The third-order valence-electron chi connectivity index (χ3n) is 3.10. The Balaban J connectivity index is 1.73. The number of hydrogen-bond acceptors (Lipinski definition) is 5. The maximum Gasteiger partial charge on any atom is 0.433 e. The van der Waals surface area contributed by atoms with Gasteiger partial charge in [0.2, 0.25) is 11.9 Å². The molecular weight excluding hydrogens is 305 g/mol. The molecule has 1 aromatic rings. The lowest BCUT2D eigenvalue weighted by atomic mass is 10.3. The van der Waals surface area contributed by atoms with Crippen LogP contribution in [0.1, 0.15) is 12.1 Å². The molecule has 0 aromatic carbocycles. The number of carboxylic acids is 1. The van der Waals surface area contributed by atoms with E-state index >= 15 is 0 Å². The zero-order chi connectivity index (χ0) is 16.3. The van der Waals surface area contributed by atoms with Crippen molar-refractivity contribution in [3.8, 4) is 0 Å². The van der Waals surface area contributed by atoms with Crippen molar-refractivity contribution in [2.75, 3.05) is 18.4 Å². The van der Waals surface area contributed by atoms with Gasteiger partial charge in [0.05, 0.1) is 11.8 Å². The Labute approximate surface area is 122 Å². The minimum Gasteiger partial charge on any atom is -0.481 e. The number of amides is 1. The molecule has 1 aliphatic rings. The van der Waals surface area contributed by atoms with Crippen molar-refractivity contribution >= 4 is 17.8 Å². The second-order valence-corrected chi connectivity index (χ2v) is 4.77. The molecule has 22 heavy (non-hydrogen) atoms. The molecule has 2 atom stereocenters. The second-order valence-electron chi connectivity index (χ2n) is 4.77. The number of halogens is 3. The van der Waals surface area contributed by atoms with Crippen LogP contribution in [-0.4, -0.2) is 40.0 Å². The molecule has 2 rings (SSSR count). The van der Waals surface area contributed by atoms with E-state index in [4.69, 9.17) is 5.11 Å². The fraction of sp³-hybridized carbons (Fsp3) is 0.500. The number of carbonyl (C=O) groups is 2. The molecule has 7 nitrogen and oxygen atoms in total. The van der Waals surface area contributed by atoms with Gasteiger partial charge in [-0.1, -0.05) is 0 Å². The Morgan fingerprint density at radius 3 is 2.64 bits per heavy atom. The van der Waals surface area contributed by atoms with Gasteiger partial charge in [0.25, 0.3) is 0 Å². The number of nitrogens with zero attached hydrogens (tertiary/aromatic N) is 2. The van der Waals surface area contributed by atoms with E-state index in [-0.39, 0.29) is 24.9 Å². The Morgan fingerprint density at radius 2 is 2.05 bits per heavy atom. The quantitative estimate of drug-likeness (QED) is 0.669. The number of anilines is 1. The largest absolute Gasteiger partial charge is 0.481 e. The summed E-state index contributed by atoms with van der Waals surface area (Å²) in [5, 5.41) is 13.7.